The van der Waals surface area contributed by atoms with Crippen LogP contribution in [0.1, 0.15) is 31.2 Å². The summed E-state index contributed by atoms with van der Waals surface area (Å²) in [6.07, 6.45) is 4.36. The van der Waals surface area contributed by atoms with E-state index >= 15 is 0 Å². The van der Waals surface area contributed by atoms with Crippen molar-refractivity contribution in [2.24, 2.45) is 0 Å². The summed E-state index contributed by atoms with van der Waals surface area (Å²) in [6, 6.07) is 10.8. The van der Waals surface area contributed by atoms with Crippen LogP contribution in [0.15, 0.2) is 30.3 Å². The highest BCUT2D eigenvalue weighted by molar-refractivity contribution is 5.85. The minimum absolute atomic E-state index is 0. The summed E-state index contributed by atoms with van der Waals surface area (Å²) in [7, 11) is 0. The van der Waals surface area contributed by atoms with Crippen LogP contribution >= 0.6 is 24.8 Å². The molecule has 0 spiro atoms. The molecule has 0 saturated carbocycles. The van der Waals surface area contributed by atoms with Gasteiger partial charge in [-0.15, -0.1) is 24.8 Å². The Labute approximate surface area is 151 Å². The van der Waals surface area contributed by atoms with Gasteiger partial charge in [-0.3, -0.25) is 9.69 Å². The fourth-order valence-electron chi connectivity index (χ4n) is 3.40. The van der Waals surface area contributed by atoms with Gasteiger partial charge in [0.05, 0.1) is 6.04 Å². The lowest BCUT2D eigenvalue weighted by molar-refractivity contribution is -0.126. The number of piperidine rings is 1. The molecule has 2 fully saturated rings. The van der Waals surface area contributed by atoms with Gasteiger partial charge in [-0.2, -0.15) is 0 Å². The summed E-state index contributed by atoms with van der Waals surface area (Å²) >= 11 is 0. The third-order valence-corrected chi connectivity index (χ3v) is 4.54. The molecule has 2 saturated heterocycles. The SMILES string of the molecule is Cl.Cl.O=C(N[C@H]1CCCNC1)C1CCCN1Cc1ccccc1. The number of amides is 1. The Bertz CT molecular complexity index is 466. The molecule has 2 atom stereocenters. The molecule has 3 rings (SSSR count). The van der Waals surface area contributed by atoms with Crippen molar-refractivity contribution in [2.75, 3.05) is 19.6 Å². The van der Waals surface area contributed by atoms with Gasteiger partial charge in [-0.25, -0.2) is 0 Å². The van der Waals surface area contributed by atoms with Crippen molar-refractivity contribution in [3.63, 3.8) is 0 Å². The van der Waals surface area contributed by atoms with Crippen LogP contribution in [0.3, 0.4) is 0 Å². The van der Waals surface area contributed by atoms with Gasteiger partial charge in [0.2, 0.25) is 5.91 Å². The molecule has 1 aromatic carbocycles. The number of hydrogen-bond acceptors (Lipinski definition) is 3. The Kier molecular flexibility index (Phi) is 8.92. The minimum Gasteiger partial charge on any atom is -0.351 e. The van der Waals surface area contributed by atoms with Crippen LogP contribution in [0.5, 0.6) is 0 Å². The molecule has 0 radical (unpaired) electrons. The highest BCUT2D eigenvalue weighted by atomic mass is 35.5. The van der Waals surface area contributed by atoms with E-state index in [0.717, 1.165) is 51.9 Å². The Hall–Kier alpha value is -0.810. The number of nitrogens with zero attached hydrogens (tertiary/aromatic N) is 1. The maximum absolute atomic E-state index is 12.5. The van der Waals surface area contributed by atoms with Gasteiger partial charge in [0, 0.05) is 19.1 Å². The first-order valence-electron chi connectivity index (χ1n) is 8.12. The van der Waals surface area contributed by atoms with E-state index in [-0.39, 0.29) is 36.8 Å². The van der Waals surface area contributed by atoms with Crippen LogP contribution in [0.2, 0.25) is 0 Å². The number of benzene rings is 1. The molecule has 0 aromatic heterocycles. The first kappa shape index (κ1) is 20.2. The second-order valence-electron chi connectivity index (χ2n) is 6.17. The zero-order valence-electron chi connectivity index (χ0n) is 13.4. The number of nitrogens with one attached hydrogen (secondary N) is 2. The smallest absolute Gasteiger partial charge is 0.237 e. The maximum Gasteiger partial charge on any atom is 0.237 e. The van der Waals surface area contributed by atoms with Gasteiger partial charge in [-0.05, 0) is 44.3 Å². The van der Waals surface area contributed by atoms with Gasteiger partial charge in [-0.1, -0.05) is 30.3 Å². The van der Waals surface area contributed by atoms with Gasteiger partial charge >= 0.3 is 0 Å². The topological polar surface area (TPSA) is 44.4 Å². The van der Waals surface area contributed by atoms with E-state index < -0.39 is 0 Å². The largest absolute Gasteiger partial charge is 0.351 e. The van der Waals surface area contributed by atoms with E-state index in [9.17, 15) is 4.79 Å². The van der Waals surface area contributed by atoms with Gasteiger partial charge in [0.1, 0.15) is 0 Å². The molecular formula is C17H27Cl2N3O. The predicted molar refractivity (Wildman–Crippen MR) is 98.4 cm³/mol. The molecule has 2 aliphatic heterocycles. The lowest BCUT2D eigenvalue weighted by Crippen LogP contribution is -2.51. The second-order valence-corrected chi connectivity index (χ2v) is 6.17. The molecule has 23 heavy (non-hydrogen) atoms. The van der Waals surface area contributed by atoms with Crippen LogP contribution < -0.4 is 10.6 Å². The molecule has 1 unspecified atom stereocenters. The summed E-state index contributed by atoms with van der Waals surface area (Å²) in [4.78, 5) is 14.9. The summed E-state index contributed by atoms with van der Waals surface area (Å²) < 4.78 is 0. The highest BCUT2D eigenvalue weighted by Crippen LogP contribution is 2.20. The average Bonchev–Trinajstić information content (AvgIpc) is 2.97. The fourth-order valence-corrected chi connectivity index (χ4v) is 3.40. The Morgan fingerprint density at radius 2 is 1.96 bits per heavy atom. The number of halogens is 2. The first-order valence-corrected chi connectivity index (χ1v) is 8.12. The van der Waals surface area contributed by atoms with Crippen molar-refractivity contribution in [1.29, 1.82) is 0 Å². The molecule has 2 N–H and O–H groups in total. The average molecular weight is 360 g/mol. The molecule has 1 amide bonds. The number of hydrogen-bond donors (Lipinski definition) is 2. The highest BCUT2D eigenvalue weighted by Gasteiger charge is 2.31. The zero-order valence-corrected chi connectivity index (χ0v) is 15.0. The molecule has 0 bridgehead atoms. The summed E-state index contributed by atoms with van der Waals surface area (Å²) in [6.45, 7) is 3.89. The van der Waals surface area contributed by atoms with E-state index in [4.69, 9.17) is 0 Å². The van der Waals surface area contributed by atoms with Crippen LogP contribution in [-0.2, 0) is 11.3 Å². The Morgan fingerprint density at radius 3 is 2.65 bits per heavy atom. The summed E-state index contributed by atoms with van der Waals surface area (Å²) in [5.74, 6) is 0.220. The predicted octanol–water partition coefficient (Wildman–Crippen LogP) is 2.36. The van der Waals surface area contributed by atoms with E-state index in [1.54, 1.807) is 0 Å². The summed E-state index contributed by atoms with van der Waals surface area (Å²) in [5, 5.41) is 6.59. The first-order chi connectivity index (χ1) is 10.3. The van der Waals surface area contributed by atoms with E-state index in [0.29, 0.717) is 6.04 Å². The maximum atomic E-state index is 12.5. The van der Waals surface area contributed by atoms with Crippen molar-refractivity contribution >= 4 is 30.7 Å². The van der Waals surface area contributed by atoms with Crippen molar-refractivity contribution in [1.82, 2.24) is 15.5 Å². The monoisotopic (exact) mass is 359 g/mol. The van der Waals surface area contributed by atoms with Gasteiger partial charge in [0.15, 0.2) is 0 Å². The zero-order chi connectivity index (χ0) is 14.5. The number of carbonyl (C=O) groups excluding carboxylic acids is 1. The van der Waals surface area contributed by atoms with E-state index in [1.807, 2.05) is 6.07 Å². The molecule has 4 nitrogen and oxygen atoms in total. The number of carbonyl (C=O) groups is 1. The van der Waals surface area contributed by atoms with Crippen molar-refractivity contribution in [3.8, 4) is 0 Å². The normalized spacial score (nSPS) is 24.3. The summed E-state index contributed by atoms with van der Waals surface area (Å²) in [5.41, 5.74) is 1.29. The van der Waals surface area contributed by atoms with Crippen LogP contribution in [0.25, 0.3) is 0 Å². The molecule has 6 heteroatoms. The third-order valence-electron chi connectivity index (χ3n) is 4.54. The third kappa shape index (κ3) is 5.64. The molecular weight excluding hydrogens is 333 g/mol. The molecule has 0 aliphatic carbocycles. The Balaban J connectivity index is 0.00000132. The fraction of sp³-hybridized carbons (Fsp3) is 0.588. The molecule has 2 aliphatic rings. The minimum atomic E-state index is 0. The molecule has 1 aromatic rings. The lowest BCUT2D eigenvalue weighted by Gasteiger charge is -2.28. The quantitative estimate of drug-likeness (QED) is 0.867. The van der Waals surface area contributed by atoms with Crippen molar-refractivity contribution < 1.29 is 4.79 Å². The van der Waals surface area contributed by atoms with E-state index in [1.165, 1.54) is 5.56 Å². The van der Waals surface area contributed by atoms with Crippen LogP contribution in [0.4, 0.5) is 0 Å². The standard InChI is InChI=1S/C17H25N3O.2ClH/c21-17(19-15-8-4-10-18-12-15)16-9-5-11-20(16)13-14-6-2-1-3-7-14;;/h1-3,6-7,15-16,18H,4-5,8-13H2,(H,19,21);2*1H/t15-,16?;;/m0../s1. The van der Waals surface area contributed by atoms with Gasteiger partial charge in [0.25, 0.3) is 0 Å². The number of likely N-dealkylation sites (tertiary alicyclic amines) is 1. The molecule has 2 heterocycles. The van der Waals surface area contributed by atoms with E-state index in [2.05, 4.69) is 39.8 Å². The van der Waals surface area contributed by atoms with Crippen molar-refractivity contribution in [2.45, 2.75) is 44.3 Å². The number of rotatable bonds is 4. The Morgan fingerprint density at radius 1 is 1.17 bits per heavy atom. The second kappa shape index (κ2) is 10.1. The van der Waals surface area contributed by atoms with Crippen LogP contribution in [0, 0.1) is 0 Å². The van der Waals surface area contributed by atoms with Gasteiger partial charge < -0.3 is 10.6 Å². The molecule has 130 valence electrons. The lowest BCUT2D eigenvalue weighted by atomic mass is 10.1. The van der Waals surface area contributed by atoms with Crippen molar-refractivity contribution in [3.05, 3.63) is 35.9 Å². The van der Waals surface area contributed by atoms with Crippen LogP contribution in [-0.4, -0.2) is 42.5 Å².